The molecule has 1 heterocycles. The topological polar surface area (TPSA) is 46.3 Å². The lowest BCUT2D eigenvalue weighted by atomic mass is 9.85. The minimum atomic E-state index is 0.139. The highest BCUT2D eigenvalue weighted by Crippen LogP contribution is 2.25. The van der Waals surface area contributed by atoms with E-state index in [1.165, 1.54) is 9.75 Å². The number of hydrogen-bond acceptors (Lipinski definition) is 3. The van der Waals surface area contributed by atoms with Crippen LogP contribution in [0.25, 0.3) is 0 Å². The van der Waals surface area contributed by atoms with Crippen LogP contribution in [0.1, 0.15) is 35.4 Å². The van der Waals surface area contributed by atoms with Crippen LogP contribution < -0.4 is 5.73 Å². The molecule has 1 aromatic rings. The van der Waals surface area contributed by atoms with Crippen molar-refractivity contribution in [3.63, 3.8) is 0 Å². The molecule has 0 saturated heterocycles. The first-order valence-corrected chi connectivity index (χ1v) is 7.44. The van der Waals surface area contributed by atoms with Gasteiger partial charge < -0.3 is 10.6 Å². The third kappa shape index (κ3) is 3.33. The molecule has 0 radical (unpaired) electrons. The van der Waals surface area contributed by atoms with Gasteiger partial charge in [0.25, 0.3) is 0 Å². The Balaban J connectivity index is 1.91. The minimum absolute atomic E-state index is 0.139. The third-order valence-electron chi connectivity index (χ3n) is 3.63. The molecule has 1 fully saturated rings. The molecule has 1 saturated carbocycles. The lowest BCUT2D eigenvalue weighted by molar-refractivity contribution is -0.135. The number of amides is 1. The van der Waals surface area contributed by atoms with Crippen molar-refractivity contribution in [2.24, 2.45) is 11.7 Å². The molecule has 1 aromatic heterocycles. The number of rotatable bonds is 3. The van der Waals surface area contributed by atoms with Crippen LogP contribution in [0.2, 0.25) is 0 Å². The maximum Gasteiger partial charge on any atom is 0.225 e. The average Bonchev–Trinajstić information content (AvgIpc) is 2.73. The van der Waals surface area contributed by atoms with Gasteiger partial charge in [-0.25, -0.2) is 0 Å². The average molecular weight is 266 g/mol. The van der Waals surface area contributed by atoms with Gasteiger partial charge in [0, 0.05) is 28.8 Å². The molecule has 0 aliphatic heterocycles. The van der Waals surface area contributed by atoms with Crippen molar-refractivity contribution >= 4 is 17.2 Å². The highest BCUT2D eigenvalue weighted by atomic mass is 32.1. The zero-order valence-corrected chi connectivity index (χ0v) is 12.0. The van der Waals surface area contributed by atoms with E-state index in [2.05, 4.69) is 19.1 Å². The van der Waals surface area contributed by atoms with E-state index in [0.29, 0.717) is 0 Å². The Morgan fingerprint density at radius 2 is 2.28 bits per heavy atom. The SMILES string of the molecule is Cc1ccc(CN(C)C(=O)C2CCCC(N)C2)s1. The first-order valence-electron chi connectivity index (χ1n) is 6.62. The normalized spacial score (nSPS) is 23.9. The van der Waals surface area contributed by atoms with Gasteiger partial charge in [0.15, 0.2) is 0 Å². The first-order chi connectivity index (χ1) is 8.56. The molecule has 0 aromatic carbocycles. The smallest absolute Gasteiger partial charge is 0.225 e. The van der Waals surface area contributed by atoms with Gasteiger partial charge in [-0.3, -0.25) is 4.79 Å². The number of aryl methyl sites for hydroxylation is 1. The van der Waals surface area contributed by atoms with Gasteiger partial charge in [0.1, 0.15) is 0 Å². The van der Waals surface area contributed by atoms with E-state index < -0.39 is 0 Å². The number of carbonyl (C=O) groups excluding carboxylic acids is 1. The second-order valence-electron chi connectivity index (χ2n) is 5.33. The van der Waals surface area contributed by atoms with E-state index in [1.54, 1.807) is 11.3 Å². The van der Waals surface area contributed by atoms with Gasteiger partial charge in [-0.15, -0.1) is 11.3 Å². The molecule has 18 heavy (non-hydrogen) atoms. The summed E-state index contributed by atoms with van der Waals surface area (Å²) in [5, 5.41) is 0. The van der Waals surface area contributed by atoms with Gasteiger partial charge in [-0.1, -0.05) is 6.42 Å². The zero-order valence-electron chi connectivity index (χ0n) is 11.2. The van der Waals surface area contributed by atoms with Crippen LogP contribution >= 0.6 is 11.3 Å². The molecule has 4 heteroatoms. The lowest BCUT2D eigenvalue weighted by Gasteiger charge is -2.29. The molecule has 1 amide bonds. The summed E-state index contributed by atoms with van der Waals surface area (Å²) in [7, 11) is 1.90. The summed E-state index contributed by atoms with van der Waals surface area (Å²) in [6.07, 6.45) is 4.01. The molecular weight excluding hydrogens is 244 g/mol. The first kappa shape index (κ1) is 13.6. The fraction of sp³-hybridized carbons (Fsp3) is 0.643. The summed E-state index contributed by atoms with van der Waals surface area (Å²) < 4.78 is 0. The Labute approximate surface area is 113 Å². The second kappa shape index (κ2) is 5.85. The number of hydrogen-bond donors (Lipinski definition) is 1. The number of nitrogens with zero attached hydrogens (tertiary/aromatic N) is 1. The number of thiophene rings is 1. The van der Waals surface area contributed by atoms with Crippen molar-refractivity contribution in [3.8, 4) is 0 Å². The largest absolute Gasteiger partial charge is 0.340 e. The second-order valence-corrected chi connectivity index (χ2v) is 6.70. The van der Waals surface area contributed by atoms with Crippen molar-refractivity contribution in [1.29, 1.82) is 0 Å². The third-order valence-corrected chi connectivity index (χ3v) is 4.61. The van der Waals surface area contributed by atoms with Crippen LogP contribution in [0.5, 0.6) is 0 Å². The molecule has 1 aliphatic rings. The summed E-state index contributed by atoms with van der Waals surface area (Å²) in [6, 6.07) is 4.43. The van der Waals surface area contributed by atoms with Crippen LogP contribution in [0.4, 0.5) is 0 Å². The molecule has 2 N–H and O–H groups in total. The van der Waals surface area contributed by atoms with E-state index in [-0.39, 0.29) is 17.9 Å². The Morgan fingerprint density at radius 1 is 1.50 bits per heavy atom. The summed E-state index contributed by atoms with van der Waals surface area (Å²) in [6.45, 7) is 2.82. The Hall–Kier alpha value is -0.870. The molecule has 1 aliphatic carbocycles. The summed E-state index contributed by atoms with van der Waals surface area (Å²) in [4.78, 5) is 16.7. The van der Waals surface area contributed by atoms with Crippen LogP contribution in [0.15, 0.2) is 12.1 Å². The van der Waals surface area contributed by atoms with Gasteiger partial charge in [0.05, 0.1) is 6.54 Å². The molecule has 0 spiro atoms. The molecular formula is C14H22N2OS. The predicted octanol–water partition coefficient (Wildman–Crippen LogP) is 2.53. The molecule has 2 rings (SSSR count). The Kier molecular flexibility index (Phi) is 4.40. The minimum Gasteiger partial charge on any atom is -0.340 e. The van der Waals surface area contributed by atoms with Crippen LogP contribution in [0, 0.1) is 12.8 Å². The Morgan fingerprint density at radius 3 is 2.89 bits per heavy atom. The van der Waals surface area contributed by atoms with Crippen molar-refractivity contribution in [2.45, 2.75) is 45.2 Å². The summed E-state index contributed by atoms with van der Waals surface area (Å²) in [5.74, 6) is 0.399. The van der Waals surface area contributed by atoms with Gasteiger partial charge in [-0.2, -0.15) is 0 Å². The molecule has 0 bridgehead atoms. The van der Waals surface area contributed by atoms with Crippen molar-refractivity contribution < 1.29 is 4.79 Å². The van der Waals surface area contributed by atoms with Gasteiger partial charge in [-0.05, 0) is 38.3 Å². The monoisotopic (exact) mass is 266 g/mol. The van der Waals surface area contributed by atoms with E-state index in [1.807, 2.05) is 11.9 Å². The summed E-state index contributed by atoms with van der Waals surface area (Å²) in [5.41, 5.74) is 5.95. The van der Waals surface area contributed by atoms with Crippen LogP contribution in [-0.2, 0) is 11.3 Å². The molecule has 2 unspecified atom stereocenters. The standard InChI is InChI=1S/C14H22N2OS/c1-10-6-7-13(18-10)9-16(2)14(17)11-4-3-5-12(15)8-11/h6-7,11-12H,3-5,8-9,15H2,1-2H3. The number of carbonyl (C=O) groups is 1. The van der Waals surface area contributed by atoms with E-state index in [0.717, 1.165) is 32.2 Å². The zero-order chi connectivity index (χ0) is 13.1. The van der Waals surface area contributed by atoms with Gasteiger partial charge in [0.2, 0.25) is 5.91 Å². The molecule has 2 atom stereocenters. The highest BCUT2D eigenvalue weighted by molar-refractivity contribution is 7.11. The highest BCUT2D eigenvalue weighted by Gasteiger charge is 2.27. The maximum atomic E-state index is 12.3. The fourth-order valence-electron chi connectivity index (χ4n) is 2.65. The maximum absolute atomic E-state index is 12.3. The van der Waals surface area contributed by atoms with Crippen molar-refractivity contribution in [2.75, 3.05) is 7.05 Å². The predicted molar refractivity (Wildman–Crippen MR) is 75.5 cm³/mol. The van der Waals surface area contributed by atoms with Crippen molar-refractivity contribution in [3.05, 3.63) is 21.9 Å². The molecule has 100 valence electrons. The van der Waals surface area contributed by atoms with Gasteiger partial charge >= 0.3 is 0 Å². The number of nitrogens with two attached hydrogens (primary N) is 1. The lowest BCUT2D eigenvalue weighted by Crippen LogP contribution is -2.38. The van der Waals surface area contributed by atoms with Crippen LogP contribution in [-0.4, -0.2) is 23.9 Å². The quantitative estimate of drug-likeness (QED) is 0.914. The van der Waals surface area contributed by atoms with E-state index in [9.17, 15) is 4.79 Å². The van der Waals surface area contributed by atoms with E-state index >= 15 is 0 Å². The summed E-state index contributed by atoms with van der Waals surface area (Å²) >= 11 is 1.76. The van der Waals surface area contributed by atoms with E-state index in [4.69, 9.17) is 5.73 Å². The molecule has 3 nitrogen and oxygen atoms in total. The fourth-order valence-corrected chi connectivity index (χ4v) is 3.59. The van der Waals surface area contributed by atoms with Crippen molar-refractivity contribution in [1.82, 2.24) is 4.90 Å². The Bertz CT molecular complexity index is 416. The van der Waals surface area contributed by atoms with Crippen LogP contribution in [0.3, 0.4) is 0 Å².